The molecule has 0 aromatic heterocycles. The summed E-state index contributed by atoms with van der Waals surface area (Å²) in [5.74, 6) is 0. The summed E-state index contributed by atoms with van der Waals surface area (Å²) < 4.78 is 0. The number of benzene rings is 1. The van der Waals surface area contributed by atoms with Crippen LogP contribution in [0.1, 0.15) is 18.5 Å². The molecule has 0 fully saturated rings. The maximum absolute atomic E-state index is 5.68. The van der Waals surface area contributed by atoms with Crippen molar-refractivity contribution in [3.8, 4) is 0 Å². The van der Waals surface area contributed by atoms with Crippen molar-refractivity contribution in [3.05, 3.63) is 23.8 Å². The standard InChI is InChI=1S/C8H13N3/c1-5(9)6-3-2-4-7(10)8(6)11/h2-5H,9-11H2,1H3/t5-/m0/s1. The summed E-state index contributed by atoms with van der Waals surface area (Å²) >= 11 is 0. The molecule has 0 unspecified atom stereocenters. The Morgan fingerprint density at radius 3 is 2.36 bits per heavy atom. The number of nitrogens with two attached hydrogens (primary N) is 3. The molecule has 0 saturated carbocycles. The normalized spacial score (nSPS) is 12.9. The van der Waals surface area contributed by atoms with Crippen LogP contribution < -0.4 is 17.2 Å². The van der Waals surface area contributed by atoms with E-state index in [1.54, 1.807) is 6.07 Å². The third-order valence-corrected chi connectivity index (χ3v) is 1.66. The highest BCUT2D eigenvalue weighted by Crippen LogP contribution is 2.23. The number of hydrogen-bond donors (Lipinski definition) is 3. The van der Waals surface area contributed by atoms with E-state index in [1.165, 1.54) is 0 Å². The van der Waals surface area contributed by atoms with Crippen molar-refractivity contribution >= 4 is 11.4 Å². The smallest absolute Gasteiger partial charge is 0.0596 e. The predicted octanol–water partition coefficient (Wildman–Crippen LogP) is 0.871. The summed E-state index contributed by atoms with van der Waals surface area (Å²) in [5, 5.41) is 0. The summed E-state index contributed by atoms with van der Waals surface area (Å²) in [6.45, 7) is 1.88. The minimum absolute atomic E-state index is 0.0569. The molecule has 3 heteroatoms. The van der Waals surface area contributed by atoms with Crippen molar-refractivity contribution in [2.45, 2.75) is 13.0 Å². The zero-order valence-electron chi connectivity index (χ0n) is 6.54. The Bertz CT molecular complexity index is 256. The number of rotatable bonds is 1. The fraction of sp³-hybridized carbons (Fsp3) is 0.250. The van der Waals surface area contributed by atoms with E-state index in [4.69, 9.17) is 17.2 Å². The molecule has 0 amide bonds. The van der Waals surface area contributed by atoms with Gasteiger partial charge in [0.2, 0.25) is 0 Å². The summed E-state index contributed by atoms with van der Waals surface area (Å²) in [6, 6.07) is 5.44. The molecule has 1 aromatic rings. The van der Waals surface area contributed by atoms with Gasteiger partial charge in [0.1, 0.15) is 0 Å². The van der Waals surface area contributed by atoms with Crippen LogP contribution in [-0.4, -0.2) is 0 Å². The third kappa shape index (κ3) is 1.43. The summed E-state index contributed by atoms with van der Waals surface area (Å²) in [4.78, 5) is 0. The van der Waals surface area contributed by atoms with Gasteiger partial charge in [-0.25, -0.2) is 0 Å². The molecule has 0 aliphatic carbocycles. The van der Waals surface area contributed by atoms with Gasteiger partial charge >= 0.3 is 0 Å². The van der Waals surface area contributed by atoms with Crippen molar-refractivity contribution < 1.29 is 0 Å². The van der Waals surface area contributed by atoms with E-state index >= 15 is 0 Å². The maximum atomic E-state index is 5.68. The van der Waals surface area contributed by atoms with Crippen molar-refractivity contribution in [2.24, 2.45) is 5.73 Å². The second-order valence-electron chi connectivity index (χ2n) is 2.64. The quantitative estimate of drug-likeness (QED) is 0.521. The first-order chi connectivity index (χ1) is 5.13. The van der Waals surface area contributed by atoms with Gasteiger partial charge < -0.3 is 17.2 Å². The lowest BCUT2D eigenvalue weighted by Crippen LogP contribution is -2.09. The van der Waals surface area contributed by atoms with Crippen molar-refractivity contribution in [3.63, 3.8) is 0 Å². The van der Waals surface area contributed by atoms with Crippen LogP contribution >= 0.6 is 0 Å². The minimum atomic E-state index is -0.0569. The molecule has 0 aliphatic rings. The Labute approximate surface area is 66.2 Å². The molecule has 0 radical (unpaired) electrons. The molecule has 0 bridgehead atoms. The summed E-state index contributed by atoms with van der Waals surface area (Å²) in [5.41, 5.74) is 19.0. The van der Waals surface area contributed by atoms with Gasteiger partial charge in [-0.15, -0.1) is 0 Å². The highest BCUT2D eigenvalue weighted by Gasteiger charge is 2.04. The highest BCUT2D eigenvalue weighted by molar-refractivity contribution is 5.67. The van der Waals surface area contributed by atoms with E-state index in [2.05, 4.69) is 0 Å². The highest BCUT2D eigenvalue weighted by atomic mass is 14.7. The average Bonchev–Trinajstić information content (AvgIpc) is 1.94. The van der Waals surface area contributed by atoms with Crippen LogP contribution in [0.3, 0.4) is 0 Å². The van der Waals surface area contributed by atoms with Crippen LogP contribution in [0.2, 0.25) is 0 Å². The van der Waals surface area contributed by atoms with Gasteiger partial charge in [0.15, 0.2) is 0 Å². The lowest BCUT2D eigenvalue weighted by atomic mass is 10.1. The van der Waals surface area contributed by atoms with E-state index < -0.39 is 0 Å². The van der Waals surface area contributed by atoms with Gasteiger partial charge in [0.25, 0.3) is 0 Å². The molecule has 60 valence electrons. The second kappa shape index (κ2) is 2.80. The Balaban J connectivity index is 3.17. The molecule has 0 aliphatic heterocycles. The molecule has 1 aromatic carbocycles. The van der Waals surface area contributed by atoms with Crippen molar-refractivity contribution in [1.29, 1.82) is 0 Å². The maximum Gasteiger partial charge on any atom is 0.0596 e. The molecular weight excluding hydrogens is 138 g/mol. The first-order valence-corrected chi connectivity index (χ1v) is 3.52. The molecule has 3 nitrogen and oxygen atoms in total. The fourth-order valence-electron chi connectivity index (χ4n) is 0.999. The Kier molecular flexibility index (Phi) is 2.01. The predicted molar refractivity (Wildman–Crippen MR) is 47.9 cm³/mol. The molecule has 0 heterocycles. The lowest BCUT2D eigenvalue weighted by molar-refractivity contribution is 0.822. The van der Waals surface area contributed by atoms with Gasteiger partial charge in [0, 0.05) is 6.04 Å². The molecule has 0 spiro atoms. The van der Waals surface area contributed by atoms with Crippen LogP contribution in [0.4, 0.5) is 11.4 Å². The topological polar surface area (TPSA) is 78.1 Å². The van der Waals surface area contributed by atoms with Gasteiger partial charge in [-0.1, -0.05) is 12.1 Å². The van der Waals surface area contributed by atoms with E-state index in [-0.39, 0.29) is 6.04 Å². The SMILES string of the molecule is C[C@H](N)c1cccc(N)c1N. The first kappa shape index (κ1) is 7.88. The monoisotopic (exact) mass is 151 g/mol. The van der Waals surface area contributed by atoms with Crippen molar-refractivity contribution in [2.75, 3.05) is 11.5 Å². The van der Waals surface area contributed by atoms with E-state index in [0.29, 0.717) is 11.4 Å². The Morgan fingerprint density at radius 2 is 1.91 bits per heavy atom. The van der Waals surface area contributed by atoms with E-state index in [9.17, 15) is 0 Å². The molecule has 11 heavy (non-hydrogen) atoms. The molecular formula is C8H13N3. The third-order valence-electron chi connectivity index (χ3n) is 1.66. The van der Waals surface area contributed by atoms with Crippen LogP contribution in [0.5, 0.6) is 0 Å². The largest absolute Gasteiger partial charge is 0.397 e. The lowest BCUT2D eigenvalue weighted by Gasteiger charge is -2.10. The average molecular weight is 151 g/mol. The van der Waals surface area contributed by atoms with Crippen LogP contribution in [0.25, 0.3) is 0 Å². The number of hydrogen-bond acceptors (Lipinski definition) is 3. The van der Waals surface area contributed by atoms with Gasteiger partial charge in [0.05, 0.1) is 11.4 Å². The van der Waals surface area contributed by atoms with Crippen LogP contribution in [-0.2, 0) is 0 Å². The number of anilines is 2. The van der Waals surface area contributed by atoms with E-state index in [0.717, 1.165) is 5.56 Å². The fourth-order valence-corrected chi connectivity index (χ4v) is 0.999. The second-order valence-corrected chi connectivity index (χ2v) is 2.64. The van der Waals surface area contributed by atoms with Gasteiger partial charge in [-0.3, -0.25) is 0 Å². The Hall–Kier alpha value is -1.22. The Morgan fingerprint density at radius 1 is 1.27 bits per heavy atom. The van der Waals surface area contributed by atoms with Gasteiger partial charge in [-0.2, -0.15) is 0 Å². The molecule has 6 N–H and O–H groups in total. The van der Waals surface area contributed by atoms with E-state index in [1.807, 2.05) is 19.1 Å². The zero-order valence-corrected chi connectivity index (χ0v) is 6.54. The van der Waals surface area contributed by atoms with Crippen molar-refractivity contribution in [1.82, 2.24) is 0 Å². The molecule has 0 saturated heterocycles. The summed E-state index contributed by atoms with van der Waals surface area (Å²) in [6.07, 6.45) is 0. The summed E-state index contributed by atoms with van der Waals surface area (Å²) in [7, 11) is 0. The van der Waals surface area contributed by atoms with Gasteiger partial charge in [-0.05, 0) is 18.6 Å². The number of para-hydroxylation sites is 1. The molecule has 1 rings (SSSR count). The van der Waals surface area contributed by atoms with Crippen LogP contribution in [0, 0.1) is 0 Å². The minimum Gasteiger partial charge on any atom is -0.397 e. The molecule has 1 atom stereocenters. The first-order valence-electron chi connectivity index (χ1n) is 3.52. The zero-order chi connectivity index (χ0) is 8.43. The number of nitrogen functional groups attached to an aromatic ring is 2. The van der Waals surface area contributed by atoms with Crippen LogP contribution in [0.15, 0.2) is 18.2 Å².